The largest absolute Gasteiger partial charge is 0.372 e. The molecule has 0 heterocycles. The van der Waals surface area contributed by atoms with E-state index in [-0.39, 0.29) is 17.5 Å². The summed E-state index contributed by atoms with van der Waals surface area (Å²) in [5.74, 6) is 0. The van der Waals surface area contributed by atoms with Crippen molar-refractivity contribution >= 4 is 21.6 Å². The van der Waals surface area contributed by atoms with Crippen molar-refractivity contribution in [3.63, 3.8) is 0 Å². The SMILES string of the molecule is Cc1ccc(S(=O)(=O)NCC(C)OCc2ccc(Cl)cc2)cc1. The number of nitrogens with one attached hydrogen (secondary N) is 1. The van der Waals surface area contributed by atoms with Gasteiger partial charge in [-0.25, -0.2) is 13.1 Å². The number of hydrogen-bond donors (Lipinski definition) is 1. The molecular weight excluding hydrogens is 334 g/mol. The Balaban J connectivity index is 1.84. The lowest BCUT2D eigenvalue weighted by Gasteiger charge is -2.14. The molecule has 2 rings (SSSR count). The summed E-state index contributed by atoms with van der Waals surface area (Å²) in [4.78, 5) is 0.257. The van der Waals surface area contributed by atoms with Crippen LogP contribution in [0.5, 0.6) is 0 Å². The Morgan fingerprint density at radius 1 is 1.09 bits per heavy atom. The molecule has 0 aliphatic heterocycles. The van der Waals surface area contributed by atoms with Gasteiger partial charge in [0.2, 0.25) is 10.0 Å². The molecule has 124 valence electrons. The molecule has 0 bridgehead atoms. The Morgan fingerprint density at radius 3 is 2.30 bits per heavy atom. The van der Waals surface area contributed by atoms with E-state index in [0.717, 1.165) is 11.1 Å². The summed E-state index contributed by atoms with van der Waals surface area (Å²) in [5, 5.41) is 0.674. The Labute approximate surface area is 142 Å². The van der Waals surface area contributed by atoms with Crippen LogP contribution in [-0.4, -0.2) is 21.1 Å². The van der Waals surface area contributed by atoms with Crippen molar-refractivity contribution in [1.82, 2.24) is 4.72 Å². The number of aryl methyl sites for hydroxylation is 1. The van der Waals surface area contributed by atoms with Crippen LogP contribution >= 0.6 is 11.6 Å². The molecule has 0 saturated carbocycles. The quantitative estimate of drug-likeness (QED) is 0.828. The number of benzene rings is 2. The number of rotatable bonds is 7. The average Bonchev–Trinajstić information content (AvgIpc) is 2.53. The third-order valence-corrected chi connectivity index (χ3v) is 5.03. The van der Waals surface area contributed by atoms with Crippen molar-refractivity contribution in [2.24, 2.45) is 0 Å². The van der Waals surface area contributed by atoms with Crippen molar-refractivity contribution in [2.45, 2.75) is 31.5 Å². The second-order valence-electron chi connectivity index (χ2n) is 5.41. The fourth-order valence-electron chi connectivity index (χ4n) is 1.91. The third-order valence-electron chi connectivity index (χ3n) is 3.34. The molecule has 1 atom stereocenters. The van der Waals surface area contributed by atoms with Gasteiger partial charge in [0.05, 0.1) is 17.6 Å². The van der Waals surface area contributed by atoms with Crippen LogP contribution in [0.2, 0.25) is 5.02 Å². The van der Waals surface area contributed by atoms with Gasteiger partial charge in [-0.1, -0.05) is 41.4 Å². The predicted octanol–water partition coefficient (Wildman–Crippen LogP) is 3.53. The Hall–Kier alpha value is -1.40. The van der Waals surface area contributed by atoms with Gasteiger partial charge in [0.25, 0.3) is 0 Å². The third kappa shape index (κ3) is 5.62. The van der Waals surface area contributed by atoms with Gasteiger partial charge in [0.15, 0.2) is 0 Å². The summed E-state index contributed by atoms with van der Waals surface area (Å²) in [7, 11) is -3.51. The lowest BCUT2D eigenvalue weighted by molar-refractivity contribution is 0.0566. The van der Waals surface area contributed by atoms with Crippen LogP contribution in [0.4, 0.5) is 0 Å². The van der Waals surface area contributed by atoms with Crippen molar-refractivity contribution in [3.8, 4) is 0 Å². The van der Waals surface area contributed by atoms with Crippen LogP contribution in [0, 0.1) is 6.92 Å². The van der Waals surface area contributed by atoms with E-state index >= 15 is 0 Å². The smallest absolute Gasteiger partial charge is 0.240 e. The monoisotopic (exact) mass is 353 g/mol. The average molecular weight is 354 g/mol. The fraction of sp³-hybridized carbons (Fsp3) is 0.294. The molecule has 2 aromatic rings. The van der Waals surface area contributed by atoms with Gasteiger partial charge in [0, 0.05) is 11.6 Å². The first kappa shape index (κ1) is 17.9. The number of hydrogen-bond acceptors (Lipinski definition) is 3. The fourth-order valence-corrected chi connectivity index (χ4v) is 3.15. The Bertz CT molecular complexity index is 727. The van der Waals surface area contributed by atoms with Crippen LogP contribution in [0.15, 0.2) is 53.4 Å². The van der Waals surface area contributed by atoms with E-state index in [2.05, 4.69) is 4.72 Å². The number of halogens is 1. The van der Waals surface area contributed by atoms with Crippen LogP contribution in [0.25, 0.3) is 0 Å². The summed E-state index contributed by atoms with van der Waals surface area (Å²) >= 11 is 5.82. The lowest BCUT2D eigenvalue weighted by Crippen LogP contribution is -2.32. The molecule has 0 aromatic heterocycles. The van der Waals surface area contributed by atoms with E-state index in [1.54, 1.807) is 36.4 Å². The highest BCUT2D eigenvalue weighted by atomic mass is 35.5. The molecule has 0 spiro atoms. The van der Waals surface area contributed by atoms with Crippen molar-refractivity contribution in [1.29, 1.82) is 0 Å². The molecule has 0 aliphatic carbocycles. The molecule has 0 radical (unpaired) electrons. The zero-order chi connectivity index (χ0) is 16.9. The van der Waals surface area contributed by atoms with Crippen molar-refractivity contribution in [3.05, 3.63) is 64.7 Å². The van der Waals surface area contributed by atoms with Gasteiger partial charge in [0.1, 0.15) is 0 Å². The Kier molecular flexibility index (Phi) is 6.18. The molecule has 4 nitrogen and oxygen atoms in total. The van der Waals surface area contributed by atoms with E-state index in [1.165, 1.54) is 0 Å². The molecule has 6 heteroatoms. The highest BCUT2D eigenvalue weighted by molar-refractivity contribution is 7.89. The Morgan fingerprint density at radius 2 is 1.70 bits per heavy atom. The summed E-state index contributed by atoms with van der Waals surface area (Å²) < 4.78 is 32.6. The van der Waals surface area contributed by atoms with Crippen molar-refractivity contribution < 1.29 is 13.2 Å². The van der Waals surface area contributed by atoms with E-state index in [4.69, 9.17) is 16.3 Å². The lowest BCUT2D eigenvalue weighted by atomic mass is 10.2. The summed E-state index contributed by atoms with van der Waals surface area (Å²) in [6.45, 7) is 4.36. The molecule has 0 amide bonds. The van der Waals surface area contributed by atoms with Crippen molar-refractivity contribution in [2.75, 3.05) is 6.54 Å². The molecule has 1 unspecified atom stereocenters. The maximum Gasteiger partial charge on any atom is 0.240 e. The minimum absolute atomic E-state index is 0.212. The molecule has 23 heavy (non-hydrogen) atoms. The standard InChI is InChI=1S/C17H20ClNO3S/c1-13-3-9-17(10-4-13)23(20,21)19-11-14(2)22-12-15-5-7-16(18)8-6-15/h3-10,14,19H,11-12H2,1-2H3. The minimum Gasteiger partial charge on any atom is -0.372 e. The molecular formula is C17H20ClNO3S. The number of sulfonamides is 1. The van der Waals surface area contributed by atoms with Gasteiger partial charge >= 0.3 is 0 Å². The van der Waals surface area contributed by atoms with Gasteiger partial charge in [-0.3, -0.25) is 0 Å². The molecule has 0 aliphatic rings. The molecule has 0 saturated heterocycles. The second kappa shape index (κ2) is 7.93. The molecule has 0 fully saturated rings. The zero-order valence-electron chi connectivity index (χ0n) is 13.1. The molecule has 2 aromatic carbocycles. The van der Waals surface area contributed by atoms with Gasteiger partial charge in [-0.2, -0.15) is 0 Å². The van der Waals surface area contributed by atoms with Gasteiger partial charge < -0.3 is 4.74 Å². The normalized spacial score (nSPS) is 13.0. The second-order valence-corrected chi connectivity index (χ2v) is 7.62. The number of ether oxygens (including phenoxy) is 1. The topological polar surface area (TPSA) is 55.4 Å². The van der Waals surface area contributed by atoms with E-state index in [1.807, 2.05) is 26.0 Å². The predicted molar refractivity (Wildman–Crippen MR) is 92.1 cm³/mol. The van der Waals surface area contributed by atoms with Crippen LogP contribution in [0.3, 0.4) is 0 Å². The minimum atomic E-state index is -3.51. The summed E-state index contributed by atoms with van der Waals surface area (Å²) in [6.07, 6.45) is -0.245. The van der Waals surface area contributed by atoms with Gasteiger partial charge in [-0.15, -0.1) is 0 Å². The maximum absolute atomic E-state index is 12.2. The zero-order valence-corrected chi connectivity index (χ0v) is 14.7. The summed E-state index contributed by atoms with van der Waals surface area (Å²) in [6, 6.07) is 14.1. The van der Waals surface area contributed by atoms with E-state index in [9.17, 15) is 8.42 Å². The van der Waals surface area contributed by atoms with Crippen LogP contribution in [0.1, 0.15) is 18.1 Å². The highest BCUT2D eigenvalue weighted by Crippen LogP contribution is 2.12. The highest BCUT2D eigenvalue weighted by Gasteiger charge is 2.15. The first-order chi connectivity index (χ1) is 10.9. The maximum atomic E-state index is 12.2. The first-order valence-electron chi connectivity index (χ1n) is 7.29. The van der Waals surface area contributed by atoms with E-state index in [0.29, 0.717) is 11.6 Å². The molecule has 1 N–H and O–H groups in total. The first-order valence-corrected chi connectivity index (χ1v) is 9.15. The van der Waals surface area contributed by atoms with Crippen LogP contribution in [-0.2, 0) is 21.4 Å². The van der Waals surface area contributed by atoms with Gasteiger partial charge in [-0.05, 0) is 43.7 Å². The van der Waals surface area contributed by atoms with E-state index < -0.39 is 10.0 Å². The van der Waals surface area contributed by atoms with Crippen LogP contribution < -0.4 is 4.72 Å². The summed E-state index contributed by atoms with van der Waals surface area (Å²) in [5.41, 5.74) is 2.01.